The van der Waals surface area contributed by atoms with Crippen LogP contribution in [0.4, 0.5) is 11.5 Å². The zero-order valence-corrected chi connectivity index (χ0v) is 13.3. The number of nitrogens with two attached hydrogens (primary N) is 2. The van der Waals surface area contributed by atoms with Crippen molar-refractivity contribution in [2.75, 3.05) is 11.5 Å². The molecule has 0 amide bonds. The summed E-state index contributed by atoms with van der Waals surface area (Å²) < 4.78 is 5.78. The number of benzene rings is 2. The molecule has 4 nitrogen and oxygen atoms in total. The number of anilines is 2. The fourth-order valence-electron chi connectivity index (χ4n) is 2.31. The van der Waals surface area contributed by atoms with Gasteiger partial charge in [0.25, 0.3) is 0 Å². The Morgan fingerprint density at radius 2 is 1.65 bits per heavy atom. The second-order valence-corrected chi connectivity index (χ2v) is 5.67. The highest BCUT2D eigenvalue weighted by atomic mass is 35.5. The molecule has 0 aliphatic rings. The minimum Gasteiger partial charge on any atom is -0.455 e. The Bertz CT molecular complexity index is 827. The molecule has 0 aliphatic carbocycles. The molecule has 1 heterocycles. The van der Waals surface area contributed by atoms with Crippen LogP contribution in [0, 0.1) is 6.92 Å². The fraction of sp³-hybridized carbons (Fsp3) is 0.0556. The number of hydrogen-bond donors (Lipinski definition) is 2. The molecule has 0 saturated heterocycles. The van der Waals surface area contributed by atoms with Crippen molar-refractivity contribution in [2.24, 2.45) is 0 Å². The van der Waals surface area contributed by atoms with Crippen LogP contribution in [0.3, 0.4) is 0 Å². The molecule has 0 fully saturated rings. The number of nitrogen functional groups attached to an aromatic ring is 2. The second kappa shape index (κ2) is 6.18. The predicted octanol–water partition coefficient (Wildman–Crippen LogP) is 4.67. The summed E-state index contributed by atoms with van der Waals surface area (Å²) in [6.45, 7) is 1.90. The van der Waals surface area contributed by atoms with Crippen molar-refractivity contribution >= 4 is 23.1 Å². The van der Waals surface area contributed by atoms with E-state index in [1.54, 1.807) is 24.3 Å². The molecule has 3 rings (SSSR count). The van der Waals surface area contributed by atoms with Gasteiger partial charge in [-0.25, -0.2) is 4.98 Å². The lowest BCUT2D eigenvalue weighted by atomic mass is 10.0. The molecule has 0 bridgehead atoms. The Morgan fingerprint density at radius 3 is 2.30 bits per heavy atom. The van der Waals surface area contributed by atoms with Crippen LogP contribution < -0.4 is 16.2 Å². The predicted molar refractivity (Wildman–Crippen MR) is 94.8 cm³/mol. The van der Waals surface area contributed by atoms with Gasteiger partial charge in [0, 0.05) is 10.7 Å². The Hall–Kier alpha value is -2.72. The third kappa shape index (κ3) is 3.55. The van der Waals surface area contributed by atoms with Gasteiger partial charge >= 0.3 is 0 Å². The maximum Gasteiger partial charge on any atom is 0.150 e. The molecule has 5 heteroatoms. The lowest BCUT2D eigenvalue weighted by Crippen LogP contribution is -1.95. The van der Waals surface area contributed by atoms with E-state index in [9.17, 15) is 0 Å². The summed E-state index contributed by atoms with van der Waals surface area (Å²) >= 11 is 5.86. The Kier molecular flexibility index (Phi) is 4.08. The molecule has 0 spiro atoms. The van der Waals surface area contributed by atoms with Gasteiger partial charge in [0.2, 0.25) is 0 Å². The van der Waals surface area contributed by atoms with Gasteiger partial charge in [-0.15, -0.1) is 0 Å². The van der Waals surface area contributed by atoms with Crippen molar-refractivity contribution in [1.82, 2.24) is 4.98 Å². The standard InChI is InChI=1S/C18H16ClN3O/c1-11-8-13(10-18(21)22-11)12-2-7-17(16(20)9-12)23-15-5-3-14(19)4-6-15/h2-10H,20H2,1H3,(H2,21,22). The Balaban J connectivity index is 1.89. The van der Waals surface area contributed by atoms with E-state index < -0.39 is 0 Å². The summed E-state index contributed by atoms with van der Waals surface area (Å²) in [4.78, 5) is 4.17. The minimum absolute atomic E-state index is 0.486. The number of aryl methyl sites for hydroxylation is 1. The van der Waals surface area contributed by atoms with Gasteiger partial charge in [-0.3, -0.25) is 0 Å². The van der Waals surface area contributed by atoms with E-state index >= 15 is 0 Å². The topological polar surface area (TPSA) is 74.2 Å². The maximum absolute atomic E-state index is 6.11. The molecule has 116 valence electrons. The fourth-order valence-corrected chi connectivity index (χ4v) is 2.44. The molecule has 0 unspecified atom stereocenters. The van der Waals surface area contributed by atoms with Crippen LogP contribution in [0.25, 0.3) is 11.1 Å². The third-order valence-electron chi connectivity index (χ3n) is 3.36. The van der Waals surface area contributed by atoms with Crippen LogP contribution in [0.15, 0.2) is 54.6 Å². The third-order valence-corrected chi connectivity index (χ3v) is 3.61. The molecule has 3 aromatic rings. The second-order valence-electron chi connectivity index (χ2n) is 5.23. The molecule has 2 aromatic carbocycles. The molecule has 4 N–H and O–H groups in total. The van der Waals surface area contributed by atoms with Crippen LogP contribution in [0.2, 0.25) is 5.02 Å². The monoisotopic (exact) mass is 325 g/mol. The number of pyridine rings is 1. The van der Waals surface area contributed by atoms with E-state index in [0.717, 1.165) is 16.8 Å². The highest BCUT2D eigenvalue weighted by molar-refractivity contribution is 6.30. The first-order valence-corrected chi connectivity index (χ1v) is 7.46. The number of rotatable bonds is 3. The summed E-state index contributed by atoms with van der Waals surface area (Å²) in [5.41, 5.74) is 15.3. The van der Waals surface area contributed by atoms with Crippen molar-refractivity contribution in [2.45, 2.75) is 6.92 Å². The van der Waals surface area contributed by atoms with E-state index in [1.807, 2.05) is 37.3 Å². The Labute approximate surface area is 139 Å². The quantitative estimate of drug-likeness (QED) is 0.686. The number of halogens is 1. The minimum atomic E-state index is 0.486. The van der Waals surface area contributed by atoms with E-state index in [-0.39, 0.29) is 0 Å². The van der Waals surface area contributed by atoms with Gasteiger partial charge in [0.1, 0.15) is 17.3 Å². The van der Waals surface area contributed by atoms with Crippen molar-refractivity contribution in [3.05, 3.63) is 65.3 Å². The largest absolute Gasteiger partial charge is 0.455 e. The Morgan fingerprint density at radius 1 is 0.913 bits per heavy atom. The van der Waals surface area contributed by atoms with Crippen molar-refractivity contribution in [1.29, 1.82) is 0 Å². The summed E-state index contributed by atoms with van der Waals surface area (Å²) in [5.74, 6) is 1.76. The summed E-state index contributed by atoms with van der Waals surface area (Å²) in [5, 5.41) is 0.659. The molecule has 0 saturated carbocycles. The van der Waals surface area contributed by atoms with Gasteiger partial charge in [0.15, 0.2) is 0 Å². The van der Waals surface area contributed by atoms with E-state index in [2.05, 4.69) is 4.98 Å². The molecule has 0 aliphatic heterocycles. The van der Waals surface area contributed by atoms with Crippen molar-refractivity contribution in [3.63, 3.8) is 0 Å². The number of nitrogens with zero attached hydrogens (tertiary/aromatic N) is 1. The SMILES string of the molecule is Cc1cc(-c2ccc(Oc3ccc(Cl)cc3)c(N)c2)cc(N)n1. The molecule has 23 heavy (non-hydrogen) atoms. The van der Waals surface area contributed by atoms with Gasteiger partial charge < -0.3 is 16.2 Å². The smallest absolute Gasteiger partial charge is 0.150 e. The first-order chi connectivity index (χ1) is 11.0. The van der Waals surface area contributed by atoms with Crippen LogP contribution in [-0.2, 0) is 0 Å². The van der Waals surface area contributed by atoms with E-state index in [0.29, 0.717) is 28.0 Å². The van der Waals surface area contributed by atoms with Gasteiger partial charge in [-0.2, -0.15) is 0 Å². The van der Waals surface area contributed by atoms with Gasteiger partial charge in [-0.1, -0.05) is 17.7 Å². The first kappa shape index (κ1) is 15.2. The molecular formula is C18H16ClN3O. The number of hydrogen-bond acceptors (Lipinski definition) is 4. The van der Waals surface area contributed by atoms with Crippen LogP contribution in [0.1, 0.15) is 5.69 Å². The van der Waals surface area contributed by atoms with Crippen LogP contribution >= 0.6 is 11.6 Å². The highest BCUT2D eigenvalue weighted by Gasteiger charge is 2.07. The summed E-state index contributed by atoms with van der Waals surface area (Å²) in [7, 11) is 0. The number of aromatic nitrogens is 1. The lowest BCUT2D eigenvalue weighted by molar-refractivity contribution is 0.485. The highest BCUT2D eigenvalue weighted by Crippen LogP contribution is 2.32. The summed E-state index contributed by atoms with van der Waals surface area (Å²) in [6.07, 6.45) is 0. The van der Waals surface area contributed by atoms with E-state index in [1.165, 1.54) is 0 Å². The van der Waals surface area contributed by atoms with Gasteiger partial charge in [0.05, 0.1) is 5.69 Å². The zero-order valence-electron chi connectivity index (χ0n) is 12.6. The van der Waals surface area contributed by atoms with E-state index in [4.69, 9.17) is 27.8 Å². The van der Waals surface area contributed by atoms with Gasteiger partial charge in [-0.05, 0) is 66.6 Å². The van der Waals surface area contributed by atoms with Crippen LogP contribution in [-0.4, -0.2) is 4.98 Å². The zero-order chi connectivity index (χ0) is 16.4. The first-order valence-electron chi connectivity index (χ1n) is 7.09. The maximum atomic E-state index is 6.11. The molecule has 0 radical (unpaired) electrons. The molecular weight excluding hydrogens is 310 g/mol. The average Bonchev–Trinajstić information content (AvgIpc) is 2.50. The average molecular weight is 326 g/mol. The number of ether oxygens (including phenoxy) is 1. The van der Waals surface area contributed by atoms with Crippen molar-refractivity contribution < 1.29 is 4.74 Å². The molecule has 1 aromatic heterocycles. The normalized spacial score (nSPS) is 10.5. The lowest BCUT2D eigenvalue weighted by Gasteiger charge is -2.11. The van der Waals surface area contributed by atoms with Crippen LogP contribution in [0.5, 0.6) is 11.5 Å². The molecule has 0 atom stereocenters. The summed E-state index contributed by atoms with van der Waals surface area (Å²) in [6, 6.07) is 16.5. The van der Waals surface area contributed by atoms with Crippen molar-refractivity contribution in [3.8, 4) is 22.6 Å².